The molecular formula is C18H28N4O2. The van der Waals surface area contributed by atoms with Crippen LogP contribution in [0.25, 0.3) is 0 Å². The van der Waals surface area contributed by atoms with E-state index < -0.39 is 0 Å². The van der Waals surface area contributed by atoms with Gasteiger partial charge in [-0.1, -0.05) is 12.1 Å². The molecule has 0 aromatic heterocycles. The quantitative estimate of drug-likeness (QED) is 0.887. The van der Waals surface area contributed by atoms with Crippen LogP contribution >= 0.6 is 0 Å². The second kappa shape index (κ2) is 7.85. The summed E-state index contributed by atoms with van der Waals surface area (Å²) in [4.78, 5) is 17.0. The molecule has 0 spiro atoms. The molecule has 6 nitrogen and oxygen atoms in total. The van der Waals surface area contributed by atoms with Crippen LogP contribution in [-0.2, 0) is 4.74 Å². The number of para-hydroxylation sites is 2. The molecule has 132 valence electrons. The molecule has 0 bridgehead atoms. The highest BCUT2D eigenvalue weighted by atomic mass is 16.5. The Labute approximate surface area is 144 Å². The van der Waals surface area contributed by atoms with Crippen LogP contribution in [0.4, 0.5) is 16.2 Å². The summed E-state index contributed by atoms with van der Waals surface area (Å²) in [5, 5.41) is 6.02. The van der Waals surface area contributed by atoms with Crippen molar-refractivity contribution in [2.45, 2.75) is 31.9 Å². The lowest BCUT2D eigenvalue weighted by molar-refractivity contribution is 0.0868. The number of urea groups is 1. The molecule has 6 heteroatoms. The topological polar surface area (TPSA) is 56.8 Å². The van der Waals surface area contributed by atoms with E-state index in [0.29, 0.717) is 0 Å². The fourth-order valence-corrected chi connectivity index (χ4v) is 3.36. The van der Waals surface area contributed by atoms with Crippen molar-refractivity contribution >= 4 is 17.4 Å². The standard InChI is InChI=1S/C18H28N4O2/c1-14(17-8-5-13-24-17)19-18(23)20-15-6-3-4-7-16(15)22-11-9-21(2)10-12-22/h3-4,6-7,14,17H,5,8-13H2,1-2H3,(H2,19,20,23)/t14-,17-/m0/s1. The van der Waals surface area contributed by atoms with Crippen molar-refractivity contribution in [2.75, 3.05) is 50.1 Å². The normalized spacial score (nSPS) is 23.1. The third kappa shape index (κ3) is 4.19. The number of nitrogens with one attached hydrogen (secondary N) is 2. The van der Waals surface area contributed by atoms with Crippen LogP contribution < -0.4 is 15.5 Å². The molecule has 2 aliphatic heterocycles. The number of nitrogens with zero attached hydrogens (tertiary/aromatic N) is 2. The third-order valence-electron chi connectivity index (χ3n) is 4.88. The Bertz CT molecular complexity index is 552. The van der Waals surface area contributed by atoms with Crippen molar-refractivity contribution in [3.8, 4) is 0 Å². The monoisotopic (exact) mass is 332 g/mol. The van der Waals surface area contributed by atoms with Crippen molar-refractivity contribution < 1.29 is 9.53 Å². The molecule has 2 atom stereocenters. The van der Waals surface area contributed by atoms with Crippen LogP contribution in [0, 0.1) is 0 Å². The van der Waals surface area contributed by atoms with Gasteiger partial charge in [-0.15, -0.1) is 0 Å². The van der Waals surface area contributed by atoms with Crippen LogP contribution in [0.3, 0.4) is 0 Å². The van der Waals surface area contributed by atoms with Crippen molar-refractivity contribution in [2.24, 2.45) is 0 Å². The average molecular weight is 332 g/mol. The lowest BCUT2D eigenvalue weighted by atomic mass is 10.1. The molecule has 3 rings (SSSR count). The SMILES string of the molecule is C[C@H](NC(=O)Nc1ccccc1N1CCN(C)CC1)[C@@H]1CCCO1. The van der Waals surface area contributed by atoms with Gasteiger partial charge in [-0.25, -0.2) is 4.79 Å². The fourth-order valence-electron chi connectivity index (χ4n) is 3.36. The van der Waals surface area contributed by atoms with Crippen LogP contribution in [-0.4, -0.2) is 62.9 Å². The Kier molecular flexibility index (Phi) is 5.58. The highest BCUT2D eigenvalue weighted by molar-refractivity contribution is 5.93. The molecule has 2 saturated heterocycles. The highest BCUT2D eigenvalue weighted by Gasteiger charge is 2.24. The minimum Gasteiger partial charge on any atom is -0.376 e. The minimum atomic E-state index is -0.167. The van der Waals surface area contributed by atoms with Gasteiger partial charge in [-0.3, -0.25) is 0 Å². The summed E-state index contributed by atoms with van der Waals surface area (Å²) in [5.74, 6) is 0. The maximum absolute atomic E-state index is 12.4. The molecule has 0 radical (unpaired) electrons. The van der Waals surface area contributed by atoms with Gasteiger partial charge in [0.1, 0.15) is 0 Å². The summed E-state index contributed by atoms with van der Waals surface area (Å²) in [6.45, 7) is 6.83. The number of hydrogen-bond acceptors (Lipinski definition) is 4. The zero-order valence-corrected chi connectivity index (χ0v) is 14.6. The fraction of sp³-hybridized carbons (Fsp3) is 0.611. The van der Waals surface area contributed by atoms with E-state index in [0.717, 1.165) is 57.0 Å². The molecule has 1 aromatic carbocycles. The number of rotatable bonds is 4. The van der Waals surface area contributed by atoms with Crippen LogP contribution in [0.15, 0.2) is 24.3 Å². The van der Waals surface area contributed by atoms with E-state index in [4.69, 9.17) is 4.74 Å². The van der Waals surface area contributed by atoms with E-state index in [2.05, 4.69) is 33.5 Å². The van der Waals surface area contributed by atoms with Gasteiger partial charge in [0.05, 0.1) is 23.5 Å². The number of piperazine rings is 1. The molecule has 0 saturated carbocycles. The van der Waals surface area contributed by atoms with Gasteiger partial charge in [0, 0.05) is 32.8 Å². The Balaban J connectivity index is 1.61. The van der Waals surface area contributed by atoms with E-state index >= 15 is 0 Å². The summed E-state index contributed by atoms with van der Waals surface area (Å²) in [6.07, 6.45) is 2.22. The summed E-state index contributed by atoms with van der Waals surface area (Å²) < 4.78 is 5.64. The number of amides is 2. The summed E-state index contributed by atoms with van der Waals surface area (Å²) in [7, 11) is 2.14. The first-order chi connectivity index (χ1) is 11.6. The molecule has 2 heterocycles. The Morgan fingerprint density at radius 2 is 2.00 bits per heavy atom. The first-order valence-electron chi connectivity index (χ1n) is 8.85. The van der Waals surface area contributed by atoms with Crippen molar-refractivity contribution in [3.05, 3.63) is 24.3 Å². The van der Waals surface area contributed by atoms with Crippen LogP contribution in [0.1, 0.15) is 19.8 Å². The third-order valence-corrected chi connectivity index (χ3v) is 4.88. The maximum Gasteiger partial charge on any atom is 0.319 e. The van der Waals surface area contributed by atoms with E-state index in [1.165, 1.54) is 0 Å². The number of likely N-dealkylation sites (N-methyl/N-ethyl adjacent to an activating group) is 1. The first kappa shape index (κ1) is 17.0. The Morgan fingerprint density at radius 1 is 1.25 bits per heavy atom. The Hall–Kier alpha value is -1.79. The molecule has 2 aliphatic rings. The molecule has 1 aromatic rings. The largest absolute Gasteiger partial charge is 0.376 e. The van der Waals surface area contributed by atoms with Crippen molar-refractivity contribution in [1.29, 1.82) is 0 Å². The molecule has 0 aliphatic carbocycles. The lowest BCUT2D eigenvalue weighted by Gasteiger charge is -2.35. The van der Waals surface area contributed by atoms with Gasteiger partial charge >= 0.3 is 6.03 Å². The number of anilines is 2. The number of ether oxygens (including phenoxy) is 1. The van der Waals surface area contributed by atoms with Crippen LogP contribution in [0.5, 0.6) is 0 Å². The zero-order valence-electron chi connectivity index (χ0n) is 14.6. The second-order valence-corrected chi connectivity index (χ2v) is 6.75. The first-order valence-corrected chi connectivity index (χ1v) is 8.85. The lowest BCUT2D eigenvalue weighted by Crippen LogP contribution is -2.45. The second-order valence-electron chi connectivity index (χ2n) is 6.75. The van der Waals surface area contributed by atoms with Crippen LogP contribution in [0.2, 0.25) is 0 Å². The van der Waals surface area contributed by atoms with Gasteiger partial charge in [0.15, 0.2) is 0 Å². The van der Waals surface area contributed by atoms with Crippen molar-refractivity contribution in [1.82, 2.24) is 10.2 Å². The van der Waals surface area contributed by atoms with Gasteiger partial charge in [0.25, 0.3) is 0 Å². The Morgan fingerprint density at radius 3 is 2.71 bits per heavy atom. The van der Waals surface area contributed by atoms with E-state index in [1.54, 1.807) is 0 Å². The number of carbonyl (C=O) groups excluding carboxylic acids is 1. The van der Waals surface area contributed by atoms with Gasteiger partial charge < -0.3 is 25.2 Å². The molecule has 2 N–H and O–H groups in total. The average Bonchev–Trinajstić information content (AvgIpc) is 3.11. The zero-order chi connectivity index (χ0) is 16.9. The number of hydrogen-bond donors (Lipinski definition) is 2. The van der Waals surface area contributed by atoms with Gasteiger partial charge in [-0.05, 0) is 38.9 Å². The predicted octanol–water partition coefficient (Wildman–Crippen LogP) is 2.13. The number of benzene rings is 1. The van der Waals surface area contributed by atoms with Gasteiger partial charge in [-0.2, -0.15) is 0 Å². The van der Waals surface area contributed by atoms with E-state index in [-0.39, 0.29) is 18.2 Å². The van der Waals surface area contributed by atoms with Crippen molar-refractivity contribution in [3.63, 3.8) is 0 Å². The summed E-state index contributed by atoms with van der Waals surface area (Å²) in [6, 6.07) is 7.86. The molecule has 24 heavy (non-hydrogen) atoms. The maximum atomic E-state index is 12.4. The molecular weight excluding hydrogens is 304 g/mol. The highest BCUT2D eigenvalue weighted by Crippen LogP contribution is 2.26. The summed E-state index contributed by atoms with van der Waals surface area (Å²) in [5.41, 5.74) is 1.95. The van der Waals surface area contributed by atoms with E-state index in [1.807, 2.05) is 25.1 Å². The minimum absolute atomic E-state index is 0.0169. The van der Waals surface area contributed by atoms with E-state index in [9.17, 15) is 4.79 Å². The molecule has 2 amide bonds. The molecule has 0 unspecified atom stereocenters. The predicted molar refractivity (Wildman–Crippen MR) is 96.7 cm³/mol. The molecule has 2 fully saturated rings. The van der Waals surface area contributed by atoms with Gasteiger partial charge in [0.2, 0.25) is 0 Å². The smallest absolute Gasteiger partial charge is 0.319 e. The number of carbonyl (C=O) groups is 1. The summed E-state index contributed by atoms with van der Waals surface area (Å²) >= 11 is 0.